The maximum atomic E-state index is 11.1. The van der Waals surface area contributed by atoms with E-state index in [2.05, 4.69) is 26.2 Å². The van der Waals surface area contributed by atoms with Crippen LogP contribution in [0.1, 0.15) is 6.92 Å². The summed E-state index contributed by atoms with van der Waals surface area (Å²) in [5.74, 6) is 1.41. The van der Waals surface area contributed by atoms with Gasteiger partial charge in [-0.2, -0.15) is 0 Å². The minimum absolute atomic E-state index is 0.686. The second kappa shape index (κ2) is 6.14. The van der Waals surface area contributed by atoms with Crippen LogP contribution >= 0.6 is 15.9 Å². The van der Waals surface area contributed by atoms with E-state index in [1.165, 1.54) is 0 Å². The van der Waals surface area contributed by atoms with Crippen LogP contribution in [0.15, 0.2) is 22.9 Å². The van der Waals surface area contributed by atoms with E-state index in [0.717, 1.165) is 22.5 Å². The zero-order valence-corrected chi connectivity index (χ0v) is 10.4. The smallest absolute Gasteiger partial charge is 0.0590 e. The molecule has 1 heterocycles. The first-order valence-electron chi connectivity index (χ1n) is 4.42. The molecule has 1 aromatic rings. The first kappa shape index (κ1) is 11.7. The van der Waals surface area contributed by atoms with Crippen LogP contribution < -0.4 is 5.32 Å². The van der Waals surface area contributed by atoms with Crippen molar-refractivity contribution in [2.24, 2.45) is 0 Å². The second-order valence-electron chi connectivity index (χ2n) is 2.71. The summed E-state index contributed by atoms with van der Waals surface area (Å²) in [6.45, 7) is 2.65. The fourth-order valence-corrected chi connectivity index (χ4v) is 1.97. The lowest BCUT2D eigenvalue weighted by Gasteiger charge is -2.06. The molecule has 0 saturated heterocycles. The largest absolute Gasteiger partial charge is 0.383 e. The van der Waals surface area contributed by atoms with Gasteiger partial charge in [0.15, 0.2) is 0 Å². The van der Waals surface area contributed by atoms with Crippen LogP contribution in [0.4, 0.5) is 5.69 Å². The fraction of sp³-hybridized carbons (Fsp3) is 0.444. The number of pyridine rings is 1. The van der Waals surface area contributed by atoms with Gasteiger partial charge in [0.05, 0.1) is 10.2 Å². The molecule has 3 nitrogen and oxygen atoms in total. The minimum Gasteiger partial charge on any atom is -0.383 e. The first-order valence-corrected chi connectivity index (χ1v) is 6.70. The number of nitrogens with zero attached hydrogens (tertiary/aromatic N) is 1. The molecule has 0 saturated carbocycles. The highest BCUT2D eigenvalue weighted by molar-refractivity contribution is 9.10. The highest BCUT2D eigenvalue weighted by Crippen LogP contribution is 2.19. The number of rotatable bonds is 5. The summed E-state index contributed by atoms with van der Waals surface area (Å²) in [4.78, 5) is 3.96. The van der Waals surface area contributed by atoms with E-state index in [1.54, 1.807) is 12.4 Å². The SMILES string of the molecule is CCS(=O)CCNc1ccncc1Br. The molecule has 0 aliphatic heterocycles. The van der Waals surface area contributed by atoms with Crippen LogP contribution in [0.2, 0.25) is 0 Å². The van der Waals surface area contributed by atoms with Gasteiger partial charge in [0, 0.05) is 41.2 Å². The van der Waals surface area contributed by atoms with Gasteiger partial charge in [-0.1, -0.05) is 6.92 Å². The predicted molar refractivity (Wildman–Crippen MR) is 64.0 cm³/mol. The van der Waals surface area contributed by atoms with Gasteiger partial charge in [-0.15, -0.1) is 0 Å². The molecule has 0 aromatic carbocycles. The Labute approximate surface area is 94.9 Å². The van der Waals surface area contributed by atoms with Gasteiger partial charge in [-0.3, -0.25) is 9.19 Å². The van der Waals surface area contributed by atoms with Crippen molar-refractivity contribution in [1.29, 1.82) is 0 Å². The quantitative estimate of drug-likeness (QED) is 0.895. The molecule has 14 heavy (non-hydrogen) atoms. The van der Waals surface area contributed by atoms with Crippen molar-refractivity contribution in [3.63, 3.8) is 0 Å². The third-order valence-corrected chi connectivity index (χ3v) is 3.67. The molecule has 1 unspecified atom stereocenters. The Balaban J connectivity index is 2.39. The molecule has 5 heteroatoms. The van der Waals surface area contributed by atoms with Gasteiger partial charge in [0.1, 0.15) is 0 Å². The summed E-state index contributed by atoms with van der Waals surface area (Å²) in [5.41, 5.74) is 0.994. The molecular formula is C9H13BrN2OS. The summed E-state index contributed by atoms with van der Waals surface area (Å²) in [6, 6.07) is 1.89. The molecule has 1 atom stereocenters. The summed E-state index contributed by atoms with van der Waals surface area (Å²) < 4.78 is 12.1. The minimum atomic E-state index is -0.701. The van der Waals surface area contributed by atoms with E-state index in [4.69, 9.17) is 0 Å². The first-order chi connectivity index (χ1) is 6.74. The molecule has 0 spiro atoms. The van der Waals surface area contributed by atoms with E-state index < -0.39 is 10.8 Å². The third kappa shape index (κ3) is 3.75. The van der Waals surface area contributed by atoms with Crippen LogP contribution in [-0.4, -0.2) is 27.2 Å². The molecule has 0 fully saturated rings. The summed E-state index contributed by atoms with van der Waals surface area (Å²) in [7, 11) is -0.701. The molecule has 0 bridgehead atoms. The molecule has 0 aliphatic rings. The monoisotopic (exact) mass is 276 g/mol. The predicted octanol–water partition coefficient (Wildman–Crippen LogP) is 2.02. The van der Waals surface area contributed by atoms with Crippen LogP contribution in [0.5, 0.6) is 0 Å². The Morgan fingerprint density at radius 3 is 3.07 bits per heavy atom. The van der Waals surface area contributed by atoms with Crippen LogP contribution in [0, 0.1) is 0 Å². The van der Waals surface area contributed by atoms with E-state index in [1.807, 2.05) is 13.0 Å². The Morgan fingerprint density at radius 2 is 2.43 bits per heavy atom. The van der Waals surface area contributed by atoms with Gasteiger partial charge in [0.25, 0.3) is 0 Å². The standard InChI is InChI=1S/C9H13BrN2OS/c1-2-14(13)6-5-12-9-3-4-11-7-8(9)10/h3-4,7H,2,5-6H2,1H3,(H,11,12). The average Bonchev–Trinajstić information content (AvgIpc) is 2.20. The average molecular weight is 277 g/mol. The van der Waals surface area contributed by atoms with Gasteiger partial charge >= 0.3 is 0 Å². The van der Waals surface area contributed by atoms with Gasteiger partial charge in [-0.25, -0.2) is 0 Å². The molecule has 1 aromatic heterocycles. The molecular weight excluding hydrogens is 264 g/mol. The maximum absolute atomic E-state index is 11.1. The molecule has 0 amide bonds. The molecule has 1 N–H and O–H groups in total. The lowest BCUT2D eigenvalue weighted by molar-refractivity contribution is 0.684. The van der Waals surface area contributed by atoms with Crippen LogP contribution in [0.3, 0.4) is 0 Å². The number of halogens is 1. The Bertz CT molecular complexity index is 319. The van der Waals surface area contributed by atoms with Crippen LogP contribution in [-0.2, 0) is 10.8 Å². The third-order valence-electron chi connectivity index (χ3n) is 1.74. The second-order valence-corrected chi connectivity index (χ2v) is 5.43. The molecule has 0 aliphatic carbocycles. The van der Waals surface area contributed by atoms with Gasteiger partial charge < -0.3 is 5.32 Å². The van der Waals surface area contributed by atoms with E-state index in [9.17, 15) is 4.21 Å². The van der Waals surface area contributed by atoms with Crippen molar-refractivity contribution in [2.75, 3.05) is 23.4 Å². The van der Waals surface area contributed by atoms with E-state index >= 15 is 0 Å². The summed E-state index contributed by atoms with van der Waals surface area (Å²) >= 11 is 3.38. The van der Waals surface area contributed by atoms with Crippen molar-refractivity contribution in [1.82, 2.24) is 4.98 Å². The highest BCUT2D eigenvalue weighted by atomic mass is 79.9. The number of anilines is 1. The van der Waals surface area contributed by atoms with E-state index in [-0.39, 0.29) is 0 Å². The lowest BCUT2D eigenvalue weighted by Crippen LogP contribution is -2.12. The fourth-order valence-electron chi connectivity index (χ4n) is 0.962. The Kier molecular flexibility index (Phi) is 5.11. The number of aromatic nitrogens is 1. The zero-order chi connectivity index (χ0) is 10.4. The number of hydrogen-bond donors (Lipinski definition) is 1. The topological polar surface area (TPSA) is 42.0 Å². The zero-order valence-electron chi connectivity index (χ0n) is 8.00. The van der Waals surface area contributed by atoms with Gasteiger partial charge in [0.2, 0.25) is 0 Å². The maximum Gasteiger partial charge on any atom is 0.0590 e. The van der Waals surface area contributed by atoms with E-state index in [0.29, 0.717) is 5.75 Å². The Morgan fingerprint density at radius 1 is 1.64 bits per heavy atom. The van der Waals surface area contributed by atoms with Crippen molar-refractivity contribution in [3.05, 3.63) is 22.9 Å². The van der Waals surface area contributed by atoms with Crippen LogP contribution in [0.25, 0.3) is 0 Å². The van der Waals surface area contributed by atoms with Crippen molar-refractivity contribution >= 4 is 32.4 Å². The lowest BCUT2D eigenvalue weighted by atomic mass is 10.4. The molecule has 78 valence electrons. The van der Waals surface area contributed by atoms with Crippen molar-refractivity contribution in [3.8, 4) is 0 Å². The van der Waals surface area contributed by atoms with Crippen molar-refractivity contribution in [2.45, 2.75) is 6.92 Å². The van der Waals surface area contributed by atoms with Gasteiger partial charge in [-0.05, 0) is 22.0 Å². The summed E-state index contributed by atoms with van der Waals surface area (Å²) in [6.07, 6.45) is 3.46. The molecule has 1 rings (SSSR count). The summed E-state index contributed by atoms with van der Waals surface area (Å²) in [5, 5.41) is 3.20. The number of nitrogens with one attached hydrogen (secondary N) is 1. The molecule has 0 radical (unpaired) electrons. The Hall–Kier alpha value is -0.420. The normalized spacial score (nSPS) is 12.4. The van der Waals surface area contributed by atoms with Crippen molar-refractivity contribution < 1.29 is 4.21 Å². The number of hydrogen-bond acceptors (Lipinski definition) is 3. The highest BCUT2D eigenvalue weighted by Gasteiger charge is 1.99.